The molecule has 1 fully saturated rings. The molecule has 2 aromatic carbocycles. The Labute approximate surface area is 131 Å². The van der Waals surface area contributed by atoms with Gasteiger partial charge in [0.15, 0.2) is 5.78 Å². The van der Waals surface area contributed by atoms with Crippen LogP contribution >= 0.6 is 0 Å². The van der Waals surface area contributed by atoms with Crippen molar-refractivity contribution in [1.29, 1.82) is 0 Å². The van der Waals surface area contributed by atoms with E-state index in [1.54, 1.807) is 48.5 Å². The minimum Gasteiger partial charge on any atom is -0.381 e. The first-order valence-corrected chi connectivity index (χ1v) is 7.69. The Balaban J connectivity index is 0.000000246. The molecule has 0 aliphatic carbocycles. The van der Waals surface area contributed by atoms with Gasteiger partial charge < -0.3 is 9.84 Å². The van der Waals surface area contributed by atoms with Gasteiger partial charge in [-0.25, -0.2) is 0 Å². The first-order chi connectivity index (χ1) is 10.8. The molecule has 1 aliphatic rings. The van der Waals surface area contributed by atoms with Crippen LogP contribution in [-0.4, -0.2) is 24.1 Å². The molecule has 0 saturated carbocycles. The lowest BCUT2D eigenvalue weighted by Gasteiger charge is -2.09. The Hall–Kier alpha value is -1.97. The Morgan fingerprint density at radius 2 is 1.41 bits per heavy atom. The van der Waals surface area contributed by atoms with Crippen molar-refractivity contribution in [3.8, 4) is 0 Å². The number of aliphatic hydroxyl groups is 1. The normalized spacial score (nSPS) is 15.3. The molecule has 3 heteroatoms. The van der Waals surface area contributed by atoms with Gasteiger partial charge in [0.05, 0.1) is 0 Å². The van der Waals surface area contributed by atoms with Crippen molar-refractivity contribution in [2.45, 2.75) is 25.4 Å². The quantitative estimate of drug-likeness (QED) is 0.877. The first kappa shape index (κ1) is 16.4. The van der Waals surface area contributed by atoms with Crippen LogP contribution in [0.15, 0.2) is 60.7 Å². The molecule has 1 atom stereocenters. The summed E-state index contributed by atoms with van der Waals surface area (Å²) in [6, 6.07) is 17.7. The molecule has 0 radical (unpaired) electrons. The van der Waals surface area contributed by atoms with Gasteiger partial charge >= 0.3 is 0 Å². The Morgan fingerprint density at radius 1 is 0.864 bits per heavy atom. The van der Waals surface area contributed by atoms with Crippen LogP contribution in [0.2, 0.25) is 0 Å². The Bertz CT molecular complexity index is 536. The molecule has 1 N–H and O–H groups in total. The van der Waals surface area contributed by atoms with E-state index in [1.807, 2.05) is 12.1 Å². The van der Waals surface area contributed by atoms with Crippen LogP contribution in [-0.2, 0) is 4.74 Å². The maximum Gasteiger partial charge on any atom is 0.195 e. The zero-order valence-electron chi connectivity index (χ0n) is 12.7. The number of Topliss-reactive ketones (excluding diaryl/α,β-unsaturated/α-hetero) is 1. The third kappa shape index (κ3) is 5.10. The molecule has 0 aromatic heterocycles. The SMILES string of the molecule is C1CCOCC1.O=C(c1ccccc1)C(O)c1ccccc1. The van der Waals surface area contributed by atoms with E-state index in [-0.39, 0.29) is 5.78 Å². The summed E-state index contributed by atoms with van der Waals surface area (Å²) >= 11 is 0. The Kier molecular flexibility index (Phi) is 6.81. The fraction of sp³-hybridized carbons (Fsp3) is 0.316. The number of carbonyl (C=O) groups is 1. The highest BCUT2D eigenvalue weighted by molar-refractivity contribution is 5.99. The highest BCUT2D eigenvalue weighted by atomic mass is 16.5. The molecule has 0 spiro atoms. The van der Waals surface area contributed by atoms with E-state index in [4.69, 9.17) is 4.74 Å². The average molecular weight is 298 g/mol. The van der Waals surface area contributed by atoms with Crippen molar-refractivity contribution >= 4 is 5.78 Å². The van der Waals surface area contributed by atoms with E-state index >= 15 is 0 Å². The third-order valence-electron chi connectivity index (χ3n) is 3.50. The van der Waals surface area contributed by atoms with Crippen molar-refractivity contribution in [3.63, 3.8) is 0 Å². The molecule has 1 saturated heterocycles. The number of hydrogen-bond donors (Lipinski definition) is 1. The highest BCUT2D eigenvalue weighted by Crippen LogP contribution is 2.17. The van der Waals surface area contributed by atoms with Crippen LogP contribution in [0, 0.1) is 0 Å². The zero-order chi connectivity index (χ0) is 15.6. The molecule has 1 unspecified atom stereocenters. The van der Waals surface area contributed by atoms with E-state index in [2.05, 4.69) is 0 Å². The lowest BCUT2D eigenvalue weighted by molar-refractivity contribution is 0.0747. The molecule has 0 amide bonds. The second-order valence-corrected chi connectivity index (χ2v) is 5.22. The molecule has 0 bridgehead atoms. The standard InChI is InChI=1S/C14H12O2.C5H10O/c15-13(11-7-3-1-4-8-11)14(16)12-9-5-2-6-10-12;1-2-4-6-5-3-1/h1-10,13,15H;1-5H2. The third-order valence-corrected chi connectivity index (χ3v) is 3.50. The van der Waals surface area contributed by atoms with Crippen LogP contribution in [0.3, 0.4) is 0 Å². The summed E-state index contributed by atoms with van der Waals surface area (Å²) < 4.78 is 5.07. The van der Waals surface area contributed by atoms with Crippen LogP contribution in [0.1, 0.15) is 41.3 Å². The molecule has 3 rings (SSSR count). The van der Waals surface area contributed by atoms with Crippen molar-refractivity contribution in [1.82, 2.24) is 0 Å². The predicted octanol–water partition coefficient (Wildman–Crippen LogP) is 3.79. The lowest BCUT2D eigenvalue weighted by atomic mass is 10.0. The van der Waals surface area contributed by atoms with Gasteiger partial charge in [-0.3, -0.25) is 4.79 Å². The topological polar surface area (TPSA) is 46.5 Å². The van der Waals surface area contributed by atoms with Gasteiger partial charge in [-0.05, 0) is 24.8 Å². The van der Waals surface area contributed by atoms with Crippen LogP contribution < -0.4 is 0 Å². The summed E-state index contributed by atoms with van der Waals surface area (Å²) in [6.45, 7) is 2.00. The van der Waals surface area contributed by atoms with Gasteiger partial charge in [0, 0.05) is 18.8 Å². The van der Waals surface area contributed by atoms with Crippen LogP contribution in [0.4, 0.5) is 0 Å². The maximum absolute atomic E-state index is 11.9. The smallest absolute Gasteiger partial charge is 0.195 e. The number of carbonyl (C=O) groups excluding carboxylic acids is 1. The monoisotopic (exact) mass is 298 g/mol. The molecular formula is C19H22O3. The van der Waals surface area contributed by atoms with E-state index in [1.165, 1.54) is 19.3 Å². The van der Waals surface area contributed by atoms with Crippen molar-refractivity contribution in [2.75, 3.05) is 13.2 Å². The van der Waals surface area contributed by atoms with E-state index in [9.17, 15) is 9.90 Å². The minimum atomic E-state index is -1.08. The van der Waals surface area contributed by atoms with Crippen LogP contribution in [0.25, 0.3) is 0 Å². The number of ketones is 1. The molecule has 2 aromatic rings. The predicted molar refractivity (Wildman–Crippen MR) is 86.8 cm³/mol. The highest BCUT2D eigenvalue weighted by Gasteiger charge is 2.18. The molecule has 1 heterocycles. The number of ether oxygens (including phenoxy) is 1. The fourth-order valence-corrected chi connectivity index (χ4v) is 2.23. The van der Waals surface area contributed by atoms with E-state index in [0.29, 0.717) is 11.1 Å². The lowest BCUT2D eigenvalue weighted by Crippen LogP contribution is -2.11. The van der Waals surface area contributed by atoms with Gasteiger partial charge in [0.1, 0.15) is 6.10 Å². The summed E-state index contributed by atoms with van der Waals surface area (Å²) in [5, 5.41) is 9.89. The molecule has 116 valence electrons. The van der Waals surface area contributed by atoms with Crippen molar-refractivity contribution in [2.24, 2.45) is 0 Å². The fourth-order valence-electron chi connectivity index (χ4n) is 2.23. The minimum absolute atomic E-state index is 0.271. The maximum atomic E-state index is 11.9. The number of aliphatic hydroxyl groups excluding tert-OH is 1. The molecule has 1 aliphatic heterocycles. The van der Waals surface area contributed by atoms with Gasteiger partial charge in [-0.2, -0.15) is 0 Å². The van der Waals surface area contributed by atoms with Crippen molar-refractivity contribution < 1.29 is 14.6 Å². The van der Waals surface area contributed by atoms with Gasteiger partial charge in [-0.1, -0.05) is 60.7 Å². The van der Waals surface area contributed by atoms with Gasteiger partial charge in [0.25, 0.3) is 0 Å². The Morgan fingerprint density at radius 3 is 1.86 bits per heavy atom. The average Bonchev–Trinajstić information content (AvgIpc) is 2.64. The summed E-state index contributed by atoms with van der Waals surface area (Å²) in [5.74, 6) is -0.271. The first-order valence-electron chi connectivity index (χ1n) is 7.69. The molecule has 22 heavy (non-hydrogen) atoms. The largest absolute Gasteiger partial charge is 0.381 e. The second-order valence-electron chi connectivity index (χ2n) is 5.22. The second kappa shape index (κ2) is 9.13. The zero-order valence-corrected chi connectivity index (χ0v) is 12.7. The molecule has 3 nitrogen and oxygen atoms in total. The number of hydrogen-bond acceptors (Lipinski definition) is 3. The summed E-state index contributed by atoms with van der Waals surface area (Å²) in [5.41, 5.74) is 1.15. The molecular weight excluding hydrogens is 276 g/mol. The summed E-state index contributed by atoms with van der Waals surface area (Å²) in [7, 11) is 0. The van der Waals surface area contributed by atoms with Gasteiger partial charge in [0.2, 0.25) is 0 Å². The van der Waals surface area contributed by atoms with Crippen LogP contribution in [0.5, 0.6) is 0 Å². The van der Waals surface area contributed by atoms with E-state index < -0.39 is 6.10 Å². The van der Waals surface area contributed by atoms with Crippen molar-refractivity contribution in [3.05, 3.63) is 71.8 Å². The van der Waals surface area contributed by atoms with Gasteiger partial charge in [-0.15, -0.1) is 0 Å². The number of rotatable bonds is 3. The van der Waals surface area contributed by atoms with E-state index in [0.717, 1.165) is 13.2 Å². The summed E-state index contributed by atoms with van der Waals surface area (Å²) in [4.78, 5) is 11.9. The number of benzene rings is 2. The summed E-state index contributed by atoms with van der Waals surface area (Å²) in [6.07, 6.45) is 2.85.